The predicted molar refractivity (Wildman–Crippen MR) is 122 cm³/mol. The van der Waals surface area contributed by atoms with Crippen LogP contribution >= 0.6 is 23.4 Å². The summed E-state index contributed by atoms with van der Waals surface area (Å²) in [6.07, 6.45) is 3.36. The summed E-state index contributed by atoms with van der Waals surface area (Å²) in [6, 6.07) is 18.1. The Morgan fingerprint density at radius 2 is 1.87 bits per heavy atom. The molecule has 5 nitrogen and oxygen atoms in total. The molecular formula is C23H25ClN4OS. The molecule has 1 amide bonds. The fraction of sp³-hybridized carbons (Fsp3) is 0.348. The van der Waals surface area contributed by atoms with Gasteiger partial charge in [-0.3, -0.25) is 9.36 Å². The Morgan fingerprint density at radius 1 is 1.10 bits per heavy atom. The van der Waals surface area contributed by atoms with Gasteiger partial charge in [-0.2, -0.15) is 0 Å². The highest BCUT2D eigenvalue weighted by Gasteiger charge is 2.24. The Morgan fingerprint density at radius 3 is 2.63 bits per heavy atom. The predicted octanol–water partition coefficient (Wildman–Crippen LogP) is 5.14. The van der Waals surface area contributed by atoms with Crippen LogP contribution < -0.4 is 0 Å². The molecule has 1 aromatic heterocycles. The summed E-state index contributed by atoms with van der Waals surface area (Å²) >= 11 is 7.89. The van der Waals surface area contributed by atoms with Crippen LogP contribution in [0.1, 0.15) is 31.7 Å². The zero-order valence-corrected chi connectivity index (χ0v) is 18.6. The third-order valence-electron chi connectivity index (χ3n) is 5.46. The maximum Gasteiger partial charge on any atom is 0.233 e. The molecule has 0 radical (unpaired) electrons. The molecule has 3 aromatic rings. The highest BCUT2D eigenvalue weighted by Crippen LogP contribution is 2.30. The number of likely N-dealkylation sites (tertiary alicyclic amines) is 1. The first-order valence-electron chi connectivity index (χ1n) is 10.3. The molecule has 1 aliphatic rings. The molecule has 0 saturated carbocycles. The van der Waals surface area contributed by atoms with Gasteiger partial charge in [0, 0.05) is 18.2 Å². The smallest absolute Gasteiger partial charge is 0.233 e. The van der Waals surface area contributed by atoms with E-state index in [0.29, 0.717) is 29.2 Å². The van der Waals surface area contributed by atoms with Gasteiger partial charge in [-0.1, -0.05) is 65.8 Å². The summed E-state index contributed by atoms with van der Waals surface area (Å²) in [6.45, 7) is 3.60. The Labute approximate surface area is 186 Å². The van der Waals surface area contributed by atoms with Gasteiger partial charge in [0.2, 0.25) is 5.91 Å². The van der Waals surface area contributed by atoms with Crippen molar-refractivity contribution >= 4 is 29.3 Å². The van der Waals surface area contributed by atoms with Crippen LogP contribution in [0, 0.1) is 0 Å². The van der Waals surface area contributed by atoms with Crippen molar-refractivity contribution < 1.29 is 4.79 Å². The van der Waals surface area contributed by atoms with E-state index in [9.17, 15) is 4.79 Å². The van der Waals surface area contributed by atoms with Crippen LogP contribution in [0.2, 0.25) is 5.02 Å². The molecule has 0 spiro atoms. The summed E-state index contributed by atoms with van der Waals surface area (Å²) in [7, 11) is 0. The van der Waals surface area contributed by atoms with Crippen LogP contribution in [-0.4, -0.2) is 43.9 Å². The van der Waals surface area contributed by atoms with Gasteiger partial charge < -0.3 is 4.90 Å². The molecule has 0 unspecified atom stereocenters. The molecule has 1 atom stereocenters. The monoisotopic (exact) mass is 440 g/mol. The third-order valence-corrected chi connectivity index (χ3v) is 6.74. The summed E-state index contributed by atoms with van der Waals surface area (Å²) in [5, 5.41) is 10.2. The lowest BCUT2D eigenvalue weighted by atomic mass is 10.0. The number of rotatable bonds is 6. The van der Waals surface area contributed by atoms with Crippen molar-refractivity contribution in [3.05, 3.63) is 65.2 Å². The minimum absolute atomic E-state index is 0.167. The first-order valence-corrected chi connectivity index (χ1v) is 11.6. The van der Waals surface area contributed by atoms with E-state index in [0.717, 1.165) is 35.7 Å². The van der Waals surface area contributed by atoms with Crippen LogP contribution in [-0.2, 0) is 11.3 Å². The van der Waals surface area contributed by atoms with Crippen molar-refractivity contribution in [1.82, 2.24) is 19.7 Å². The van der Waals surface area contributed by atoms with E-state index < -0.39 is 0 Å². The lowest BCUT2D eigenvalue weighted by molar-refractivity contribution is -0.131. The number of hydrogen-bond donors (Lipinski definition) is 0. The van der Waals surface area contributed by atoms with Gasteiger partial charge in [0.25, 0.3) is 0 Å². The van der Waals surface area contributed by atoms with Crippen molar-refractivity contribution in [1.29, 1.82) is 0 Å². The number of carbonyl (C=O) groups excluding carboxylic acids is 1. The number of nitrogens with zero attached hydrogens (tertiary/aromatic N) is 4. The Kier molecular flexibility index (Phi) is 6.75. The van der Waals surface area contributed by atoms with Crippen LogP contribution in [0.4, 0.5) is 0 Å². The number of aromatic nitrogens is 3. The highest BCUT2D eigenvalue weighted by molar-refractivity contribution is 7.99. The minimum Gasteiger partial charge on any atom is -0.339 e. The Bertz CT molecular complexity index is 1010. The van der Waals surface area contributed by atoms with Crippen LogP contribution in [0.5, 0.6) is 0 Å². The lowest BCUT2D eigenvalue weighted by Gasteiger charge is -2.33. The number of carbonyl (C=O) groups is 1. The van der Waals surface area contributed by atoms with Crippen molar-refractivity contribution in [3.63, 3.8) is 0 Å². The number of amides is 1. The SMILES string of the molecule is C[C@@H]1CCCCN1C(=O)CSc1nnc(-c2ccccc2Cl)n1Cc1ccccc1. The normalized spacial score (nSPS) is 16.6. The summed E-state index contributed by atoms with van der Waals surface area (Å²) in [5.74, 6) is 1.24. The molecule has 4 rings (SSSR count). The second-order valence-electron chi connectivity index (χ2n) is 7.58. The van der Waals surface area contributed by atoms with Gasteiger partial charge >= 0.3 is 0 Å². The fourth-order valence-electron chi connectivity index (χ4n) is 3.82. The minimum atomic E-state index is 0.167. The number of piperidine rings is 1. The lowest BCUT2D eigenvalue weighted by Crippen LogP contribution is -2.43. The number of hydrogen-bond acceptors (Lipinski definition) is 4. The summed E-state index contributed by atoms with van der Waals surface area (Å²) < 4.78 is 2.05. The second-order valence-corrected chi connectivity index (χ2v) is 8.93. The highest BCUT2D eigenvalue weighted by atomic mass is 35.5. The van der Waals surface area contributed by atoms with Gasteiger partial charge in [0.05, 0.1) is 17.3 Å². The van der Waals surface area contributed by atoms with Crippen molar-refractivity contribution in [2.75, 3.05) is 12.3 Å². The largest absolute Gasteiger partial charge is 0.339 e. The topological polar surface area (TPSA) is 51.0 Å². The molecule has 156 valence electrons. The molecule has 2 heterocycles. The molecular weight excluding hydrogens is 416 g/mol. The molecule has 1 saturated heterocycles. The van der Waals surface area contributed by atoms with Gasteiger partial charge in [-0.15, -0.1) is 10.2 Å². The Balaban J connectivity index is 1.59. The van der Waals surface area contributed by atoms with Crippen molar-refractivity contribution in [3.8, 4) is 11.4 Å². The average Bonchev–Trinajstić information content (AvgIpc) is 3.15. The number of benzene rings is 2. The zero-order chi connectivity index (χ0) is 20.9. The van der Waals surface area contributed by atoms with E-state index in [1.165, 1.54) is 18.2 Å². The zero-order valence-electron chi connectivity index (χ0n) is 17.0. The molecule has 1 fully saturated rings. The molecule has 30 heavy (non-hydrogen) atoms. The van der Waals surface area contributed by atoms with E-state index in [4.69, 9.17) is 11.6 Å². The van der Waals surface area contributed by atoms with Gasteiger partial charge in [-0.05, 0) is 43.9 Å². The summed E-state index contributed by atoms with van der Waals surface area (Å²) in [4.78, 5) is 14.8. The average molecular weight is 441 g/mol. The standard InChI is InChI=1S/C23H25ClN4OS/c1-17-9-7-8-14-27(17)21(29)16-30-23-26-25-22(19-12-5-6-13-20(19)24)28(23)15-18-10-3-2-4-11-18/h2-6,10-13,17H,7-9,14-16H2,1H3/t17-/m1/s1. The first kappa shape index (κ1) is 20.9. The van der Waals surface area contributed by atoms with E-state index >= 15 is 0 Å². The molecule has 0 N–H and O–H groups in total. The number of halogens is 1. The van der Waals surface area contributed by atoms with Crippen LogP contribution in [0.25, 0.3) is 11.4 Å². The quantitative estimate of drug-likeness (QED) is 0.498. The third kappa shape index (κ3) is 4.71. The second kappa shape index (κ2) is 9.67. The fourth-order valence-corrected chi connectivity index (χ4v) is 4.87. The molecule has 2 aromatic carbocycles. The maximum absolute atomic E-state index is 12.8. The molecule has 1 aliphatic heterocycles. The molecule has 0 bridgehead atoms. The maximum atomic E-state index is 12.8. The van der Waals surface area contributed by atoms with Crippen molar-refractivity contribution in [2.24, 2.45) is 0 Å². The van der Waals surface area contributed by atoms with Crippen molar-refractivity contribution in [2.45, 2.75) is 43.9 Å². The van der Waals surface area contributed by atoms with Crippen LogP contribution in [0.15, 0.2) is 59.8 Å². The first-order chi connectivity index (χ1) is 14.6. The van der Waals surface area contributed by atoms with E-state index in [1.54, 1.807) is 0 Å². The molecule has 7 heteroatoms. The van der Waals surface area contributed by atoms with E-state index in [2.05, 4.69) is 29.3 Å². The van der Waals surface area contributed by atoms with E-state index in [-0.39, 0.29) is 5.91 Å². The number of thioether (sulfide) groups is 1. The van der Waals surface area contributed by atoms with Gasteiger partial charge in [0.15, 0.2) is 11.0 Å². The van der Waals surface area contributed by atoms with Gasteiger partial charge in [0.1, 0.15) is 0 Å². The molecule has 0 aliphatic carbocycles. The summed E-state index contributed by atoms with van der Waals surface area (Å²) in [5.41, 5.74) is 1.98. The Hall–Kier alpha value is -2.31. The van der Waals surface area contributed by atoms with Gasteiger partial charge in [-0.25, -0.2) is 0 Å². The van der Waals surface area contributed by atoms with E-state index in [1.807, 2.05) is 51.9 Å². The van der Waals surface area contributed by atoms with Crippen LogP contribution in [0.3, 0.4) is 0 Å².